The van der Waals surface area contributed by atoms with Crippen molar-refractivity contribution in [1.82, 2.24) is 0 Å². The van der Waals surface area contributed by atoms with E-state index in [0.29, 0.717) is 0 Å². The van der Waals surface area contributed by atoms with Crippen molar-refractivity contribution < 1.29 is 0 Å². The predicted molar refractivity (Wildman–Crippen MR) is 238 cm³/mol. The second-order valence-electron chi connectivity index (χ2n) is 14.4. The van der Waals surface area contributed by atoms with Gasteiger partial charge in [0.2, 0.25) is 0 Å². The Morgan fingerprint density at radius 2 is 0.661 bits per heavy atom. The zero-order valence-electron chi connectivity index (χ0n) is 31.3. The van der Waals surface area contributed by atoms with Gasteiger partial charge in [-0.25, -0.2) is 0 Å². The van der Waals surface area contributed by atoms with E-state index in [2.05, 4.69) is 218 Å². The molecule has 8 aromatic carbocycles. The molecule has 0 saturated heterocycles. The second kappa shape index (κ2) is 13.9. The fourth-order valence-corrected chi connectivity index (χ4v) is 8.89. The molecular weight excluding hydrogens is 675 g/mol. The van der Waals surface area contributed by atoms with E-state index < -0.39 is 0 Å². The highest BCUT2D eigenvalue weighted by molar-refractivity contribution is 6.13. The molecule has 0 saturated carbocycles. The Hall–Kier alpha value is -7.22. The third-order valence-electron chi connectivity index (χ3n) is 11.3. The van der Waals surface area contributed by atoms with E-state index in [1.54, 1.807) is 0 Å². The van der Waals surface area contributed by atoms with Gasteiger partial charge in [-0.2, -0.15) is 0 Å². The van der Waals surface area contributed by atoms with Gasteiger partial charge in [0.15, 0.2) is 0 Å². The van der Waals surface area contributed by atoms with Crippen molar-refractivity contribution in [3.05, 3.63) is 230 Å². The van der Waals surface area contributed by atoms with E-state index >= 15 is 0 Å². The molecule has 0 heterocycles. The van der Waals surface area contributed by atoms with Crippen LogP contribution in [0.4, 0.5) is 11.4 Å². The third-order valence-corrected chi connectivity index (χ3v) is 11.3. The predicted octanol–water partition coefficient (Wildman–Crippen LogP) is 15.2. The monoisotopic (exact) mass is 713 g/mol. The molecule has 0 aromatic heterocycles. The minimum atomic E-state index is 0.872. The number of rotatable bonds is 4. The van der Waals surface area contributed by atoms with Gasteiger partial charge in [0, 0.05) is 17.1 Å². The molecule has 264 valence electrons. The molecule has 1 nitrogen and oxygen atoms in total. The molecule has 0 bridgehead atoms. The van der Waals surface area contributed by atoms with Crippen LogP contribution in [-0.2, 0) is 0 Å². The van der Waals surface area contributed by atoms with Gasteiger partial charge in [-0.1, -0.05) is 183 Å². The first-order chi connectivity index (χ1) is 27.7. The molecule has 2 aliphatic carbocycles. The van der Waals surface area contributed by atoms with Gasteiger partial charge in [-0.05, 0) is 126 Å². The van der Waals surface area contributed by atoms with Crippen molar-refractivity contribution in [3.63, 3.8) is 0 Å². The van der Waals surface area contributed by atoms with Gasteiger partial charge in [-0.3, -0.25) is 0 Å². The summed E-state index contributed by atoms with van der Waals surface area (Å²) in [6, 6.07) is 70.4. The molecule has 2 aliphatic rings. The van der Waals surface area contributed by atoms with Crippen LogP contribution in [-0.4, -0.2) is 0 Å². The minimum absolute atomic E-state index is 0.872. The number of anilines is 2. The second-order valence-corrected chi connectivity index (χ2v) is 14.4. The highest BCUT2D eigenvalue weighted by Gasteiger charge is 2.26. The number of allylic oxidation sites excluding steroid dienone is 4. The zero-order chi connectivity index (χ0) is 37.6. The summed E-state index contributed by atoms with van der Waals surface area (Å²) in [5, 5.41) is 0. The SMILES string of the molecule is C=C(/C=C1\C(=C/C)c2ccccc2-c2ccccc2-c2ccccc21)N(c1ccccc1)c1ccc2c(c1)-c1ccccc1-c1ccccc1-c1ccccc1-2. The lowest BCUT2D eigenvalue weighted by Crippen LogP contribution is -2.15. The lowest BCUT2D eigenvalue weighted by molar-refractivity contribution is 1.22. The van der Waals surface area contributed by atoms with Crippen LogP contribution in [0.15, 0.2) is 219 Å². The first kappa shape index (κ1) is 33.4. The maximum absolute atomic E-state index is 4.88. The summed E-state index contributed by atoms with van der Waals surface area (Å²) in [7, 11) is 0. The first-order valence-corrected chi connectivity index (χ1v) is 19.3. The van der Waals surface area contributed by atoms with E-state index in [9.17, 15) is 0 Å². The average molecular weight is 714 g/mol. The summed E-state index contributed by atoms with van der Waals surface area (Å²) in [6.45, 7) is 7.02. The summed E-state index contributed by atoms with van der Waals surface area (Å²) < 4.78 is 0. The average Bonchev–Trinajstić information content (AvgIpc) is 3.26. The normalized spacial score (nSPS) is 13.6. The van der Waals surface area contributed by atoms with Crippen LogP contribution in [0.5, 0.6) is 0 Å². The Bertz CT molecular complexity index is 2880. The van der Waals surface area contributed by atoms with Crippen molar-refractivity contribution in [3.8, 4) is 66.8 Å². The molecule has 0 atom stereocenters. The Labute approximate surface area is 329 Å². The van der Waals surface area contributed by atoms with Crippen LogP contribution in [0.25, 0.3) is 77.9 Å². The number of benzene rings is 8. The largest absolute Gasteiger partial charge is 0.311 e. The van der Waals surface area contributed by atoms with Crippen LogP contribution in [0.2, 0.25) is 0 Å². The molecule has 10 rings (SSSR count). The van der Waals surface area contributed by atoms with Crippen molar-refractivity contribution >= 4 is 22.5 Å². The summed E-state index contributed by atoms with van der Waals surface area (Å²) in [5.74, 6) is 0. The van der Waals surface area contributed by atoms with Crippen molar-refractivity contribution in [2.45, 2.75) is 6.92 Å². The Balaban J connectivity index is 1.20. The van der Waals surface area contributed by atoms with Gasteiger partial charge in [0.1, 0.15) is 0 Å². The molecule has 0 aliphatic heterocycles. The van der Waals surface area contributed by atoms with Gasteiger partial charge in [-0.15, -0.1) is 0 Å². The standard InChI is InChI=1S/C55H39N/c1-3-40-41-21-7-8-22-42(41)43-23-9-11-25-45(43)48-28-15-17-31-51(48)54(40)35-37(2)56(38-19-5-4-6-20-38)39-33-34-53-50-30-14-13-27-47(50)44-24-10-12-26-46(44)49-29-16-18-32-52(49)55(53)36-39/h3-36H,2H2,1H3/b40-3-,47-44?,49-46?,53-50?,54-35+,55-52?. The van der Waals surface area contributed by atoms with E-state index in [-0.39, 0.29) is 0 Å². The molecule has 0 radical (unpaired) electrons. The van der Waals surface area contributed by atoms with Crippen LogP contribution >= 0.6 is 0 Å². The van der Waals surface area contributed by atoms with E-state index in [1.165, 1.54) is 83.5 Å². The maximum Gasteiger partial charge on any atom is 0.0467 e. The number of para-hydroxylation sites is 1. The molecule has 0 amide bonds. The Morgan fingerprint density at radius 3 is 1.07 bits per heavy atom. The van der Waals surface area contributed by atoms with E-state index in [0.717, 1.165) is 22.6 Å². The van der Waals surface area contributed by atoms with E-state index in [1.807, 2.05) is 0 Å². The number of nitrogens with zero attached hydrogens (tertiary/aromatic N) is 1. The van der Waals surface area contributed by atoms with Gasteiger partial charge in [0.05, 0.1) is 0 Å². The fraction of sp³-hybridized carbons (Fsp3) is 0.0182. The third kappa shape index (κ3) is 5.48. The highest BCUT2D eigenvalue weighted by Crippen LogP contribution is 2.50. The topological polar surface area (TPSA) is 3.24 Å². The molecule has 0 unspecified atom stereocenters. The summed E-state index contributed by atoms with van der Waals surface area (Å²) in [5.41, 5.74) is 22.4. The lowest BCUT2D eigenvalue weighted by atomic mass is 9.79. The fourth-order valence-electron chi connectivity index (χ4n) is 8.89. The summed E-state index contributed by atoms with van der Waals surface area (Å²) in [4.78, 5) is 2.31. The number of hydrogen-bond donors (Lipinski definition) is 0. The highest BCUT2D eigenvalue weighted by atomic mass is 15.1. The molecule has 1 heteroatoms. The molecule has 56 heavy (non-hydrogen) atoms. The zero-order valence-corrected chi connectivity index (χ0v) is 31.3. The minimum Gasteiger partial charge on any atom is -0.311 e. The van der Waals surface area contributed by atoms with Crippen molar-refractivity contribution in [2.24, 2.45) is 0 Å². The smallest absolute Gasteiger partial charge is 0.0467 e. The first-order valence-electron chi connectivity index (χ1n) is 19.3. The molecular formula is C55H39N. The Morgan fingerprint density at radius 1 is 0.339 bits per heavy atom. The van der Waals surface area contributed by atoms with Crippen molar-refractivity contribution in [2.75, 3.05) is 4.90 Å². The molecule has 0 spiro atoms. The maximum atomic E-state index is 4.88. The number of fused-ring (bicyclic) bond motifs is 13. The van der Waals surface area contributed by atoms with Gasteiger partial charge in [0.25, 0.3) is 0 Å². The lowest BCUT2D eigenvalue weighted by Gasteiger charge is -2.30. The quantitative estimate of drug-likeness (QED) is 0.175. The molecule has 0 N–H and O–H groups in total. The van der Waals surface area contributed by atoms with Crippen molar-refractivity contribution in [1.29, 1.82) is 0 Å². The van der Waals surface area contributed by atoms with Crippen LogP contribution in [0.1, 0.15) is 18.1 Å². The van der Waals surface area contributed by atoms with Crippen LogP contribution in [0.3, 0.4) is 0 Å². The van der Waals surface area contributed by atoms with Crippen LogP contribution in [0, 0.1) is 0 Å². The number of hydrogen-bond acceptors (Lipinski definition) is 1. The molecule has 8 aromatic rings. The molecule has 0 fully saturated rings. The van der Waals surface area contributed by atoms with Gasteiger partial charge < -0.3 is 4.90 Å². The Kier molecular flexibility index (Phi) is 8.27. The summed E-state index contributed by atoms with van der Waals surface area (Å²) in [6.07, 6.45) is 4.55. The van der Waals surface area contributed by atoms with Crippen LogP contribution < -0.4 is 4.90 Å². The van der Waals surface area contributed by atoms with E-state index in [4.69, 9.17) is 6.58 Å². The van der Waals surface area contributed by atoms with Gasteiger partial charge >= 0.3 is 0 Å². The summed E-state index contributed by atoms with van der Waals surface area (Å²) >= 11 is 0.